The van der Waals surface area contributed by atoms with E-state index >= 15 is 0 Å². The lowest BCUT2D eigenvalue weighted by Gasteiger charge is -2.47. The van der Waals surface area contributed by atoms with Gasteiger partial charge in [0, 0.05) is 67.9 Å². The predicted octanol–water partition coefficient (Wildman–Crippen LogP) is 2.90. The number of fused-ring (bicyclic) bond motifs is 4. The summed E-state index contributed by atoms with van der Waals surface area (Å²) >= 11 is 0. The molecular weight excluding hydrogens is 905 g/mol. The Bertz CT molecular complexity index is 3350. The van der Waals surface area contributed by atoms with E-state index in [0.717, 1.165) is 16.7 Å². The van der Waals surface area contributed by atoms with Crippen LogP contribution in [0.5, 0.6) is 11.5 Å². The second-order valence-electron chi connectivity index (χ2n) is 17.3. The van der Waals surface area contributed by atoms with Crippen molar-refractivity contribution in [3.63, 3.8) is 0 Å². The van der Waals surface area contributed by atoms with Gasteiger partial charge >= 0.3 is 0 Å². The number of tetrazole rings is 2. The van der Waals surface area contributed by atoms with Crippen LogP contribution < -0.4 is 9.47 Å². The van der Waals surface area contributed by atoms with Gasteiger partial charge in [-0.2, -0.15) is 4.80 Å². The highest BCUT2D eigenvalue weighted by Crippen LogP contribution is 2.47. The highest BCUT2D eigenvalue weighted by molar-refractivity contribution is 6.00. The number of nitrogens with zero attached hydrogens (tertiary/aromatic N) is 16. The lowest BCUT2D eigenvalue weighted by molar-refractivity contribution is -0.00700. The summed E-state index contributed by atoms with van der Waals surface area (Å²) in [6.07, 6.45) is 6.39. The molecule has 4 amide bonds. The third-order valence-electron chi connectivity index (χ3n) is 13.6. The van der Waals surface area contributed by atoms with Gasteiger partial charge in [0.05, 0.1) is 45.7 Å². The van der Waals surface area contributed by atoms with Gasteiger partial charge in [0.1, 0.15) is 46.5 Å². The van der Waals surface area contributed by atoms with Gasteiger partial charge < -0.3 is 47.3 Å². The summed E-state index contributed by atoms with van der Waals surface area (Å²) < 4.78 is 26.0. The van der Waals surface area contributed by atoms with Crippen molar-refractivity contribution in [2.75, 3.05) is 40.4 Å². The average Bonchev–Trinajstić information content (AvgIpc) is 4.23. The van der Waals surface area contributed by atoms with Gasteiger partial charge in [-0.25, -0.2) is 4.68 Å². The molecule has 4 aliphatic rings. The fraction of sp³-hybridized carbons (Fsp3) is 0.304. The largest absolute Gasteiger partial charge is 0.497 e. The molecular formula is C46H44N16O8. The van der Waals surface area contributed by atoms with Crippen LogP contribution in [0.2, 0.25) is 0 Å². The molecule has 0 spiro atoms. The molecule has 12 rings (SSSR count). The topological polar surface area (TPSA) is 249 Å². The molecule has 2 aromatic carbocycles. The molecule has 70 heavy (non-hydrogen) atoms. The molecule has 2 atom stereocenters. The summed E-state index contributed by atoms with van der Waals surface area (Å²) in [6.45, 7) is 5.61. The smallest absolute Gasteiger partial charge is 0.272 e. The standard InChI is InChI=1S/2C23H22N8O4/c1-14-18(12-35-26-14)21(32)30-8-9-31-22(33)19-10-15(20-24-27-28(2)25-20)11-29(19)13-23(30,31)16-4-6-17(34-3)7-5-16;1-14-18(12-35-25-14)21(32)30-8-9-31-22(33)19-10-15(20-24-26-27-28(20)2)11-29(19)13-23(30,31)16-4-6-17(34-3)7-5-16/h2*4-7,10-12H,8-9,13H2,1-3H3. The minimum atomic E-state index is -1.05. The van der Waals surface area contributed by atoms with Crippen LogP contribution in [0.4, 0.5) is 0 Å². The van der Waals surface area contributed by atoms with Crippen LogP contribution in [0.3, 0.4) is 0 Å². The van der Waals surface area contributed by atoms with Crippen LogP contribution in [0.25, 0.3) is 22.8 Å². The zero-order chi connectivity index (χ0) is 48.6. The van der Waals surface area contributed by atoms with Crippen molar-refractivity contribution in [2.24, 2.45) is 14.1 Å². The van der Waals surface area contributed by atoms with Gasteiger partial charge in [-0.3, -0.25) is 19.2 Å². The second kappa shape index (κ2) is 16.4. The zero-order valence-corrected chi connectivity index (χ0v) is 38.7. The van der Waals surface area contributed by atoms with Crippen LogP contribution in [0.15, 0.2) is 94.6 Å². The van der Waals surface area contributed by atoms with E-state index in [1.165, 1.54) is 17.3 Å². The number of carbonyl (C=O) groups excluding carboxylic acids is 4. The molecule has 24 heteroatoms. The van der Waals surface area contributed by atoms with E-state index < -0.39 is 11.3 Å². The summed E-state index contributed by atoms with van der Waals surface area (Å²) in [5, 5.41) is 31.7. The molecule has 0 saturated carbocycles. The second-order valence-corrected chi connectivity index (χ2v) is 17.3. The molecule has 0 N–H and O–H groups in total. The molecule has 6 aromatic heterocycles. The highest BCUT2D eigenvalue weighted by Gasteiger charge is 2.58. The van der Waals surface area contributed by atoms with Crippen LogP contribution >= 0.6 is 0 Å². The Morgan fingerprint density at radius 3 is 1.54 bits per heavy atom. The van der Waals surface area contributed by atoms with E-state index in [1.54, 1.807) is 78.6 Å². The highest BCUT2D eigenvalue weighted by atomic mass is 16.5. The summed E-state index contributed by atoms with van der Waals surface area (Å²) in [6, 6.07) is 18.5. The van der Waals surface area contributed by atoms with Gasteiger partial charge in [0.25, 0.3) is 23.6 Å². The lowest BCUT2D eigenvalue weighted by Crippen LogP contribution is -2.60. The zero-order valence-electron chi connectivity index (χ0n) is 38.7. The molecule has 8 aromatic rings. The number of carbonyl (C=O) groups is 4. The molecule has 24 nitrogen and oxygen atoms in total. The fourth-order valence-electron chi connectivity index (χ4n) is 10.2. The van der Waals surface area contributed by atoms with E-state index in [9.17, 15) is 19.2 Å². The fourth-order valence-corrected chi connectivity index (χ4v) is 10.2. The van der Waals surface area contributed by atoms with Crippen molar-refractivity contribution in [3.05, 3.63) is 131 Å². The van der Waals surface area contributed by atoms with Crippen LogP contribution in [0.1, 0.15) is 64.2 Å². The Morgan fingerprint density at radius 1 is 0.643 bits per heavy atom. The van der Waals surface area contributed by atoms with E-state index in [-0.39, 0.29) is 23.6 Å². The molecule has 2 unspecified atom stereocenters. The number of benzene rings is 2. The first-order chi connectivity index (χ1) is 33.9. The number of ether oxygens (including phenoxy) is 2. The molecule has 356 valence electrons. The third-order valence-corrected chi connectivity index (χ3v) is 13.6. The maximum atomic E-state index is 13.8. The normalized spacial score (nSPS) is 19.1. The number of aromatic nitrogens is 12. The molecule has 0 radical (unpaired) electrons. The quantitative estimate of drug-likeness (QED) is 0.212. The van der Waals surface area contributed by atoms with E-state index in [0.29, 0.717) is 102 Å². The van der Waals surface area contributed by atoms with Crippen molar-refractivity contribution in [1.29, 1.82) is 0 Å². The van der Waals surface area contributed by atoms with Crippen molar-refractivity contribution < 1.29 is 37.7 Å². The number of hydrogen-bond donors (Lipinski definition) is 0. The molecule has 0 aliphatic carbocycles. The average molecular weight is 949 g/mol. The Morgan fingerprint density at radius 2 is 1.13 bits per heavy atom. The molecule has 2 saturated heterocycles. The van der Waals surface area contributed by atoms with E-state index in [2.05, 4.69) is 41.2 Å². The summed E-state index contributed by atoms with van der Waals surface area (Å²) in [5.41, 5.74) is 3.66. The minimum Gasteiger partial charge on any atom is -0.497 e. The van der Waals surface area contributed by atoms with Gasteiger partial charge in [-0.05, 0) is 65.9 Å². The van der Waals surface area contributed by atoms with Crippen LogP contribution in [-0.4, -0.2) is 143 Å². The lowest BCUT2D eigenvalue weighted by atomic mass is 9.93. The minimum absolute atomic E-state index is 0.175. The summed E-state index contributed by atoms with van der Waals surface area (Å²) in [4.78, 5) is 63.5. The van der Waals surface area contributed by atoms with Crippen molar-refractivity contribution in [1.82, 2.24) is 79.5 Å². The molecule has 0 bridgehead atoms. The number of aryl methyl sites for hydroxylation is 4. The molecule has 4 aliphatic heterocycles. The Kier molecular flexibility index (Phi) is 10.2. The number of hydrogen-bond acceptors (Lipinski definition) is 16. The van der Waals surface area contributed by atoms with Gasteiger partial charge in [0.2, 0.25) is 5.82 Å². The monoisotopic (exact) mass is 948 g/mol. The first-order valence-electron chi connectivity index (χ1n) is 22.1. The maximum Gasteiger partial charge on any atom is 0.272 e. The first-order valence-corrected chi connectivity index (χ1v) is 22.1. The van der Waals surface area contributed by atoms with Crippen LogP contribution in [0, 0.1) is 13.8 Å². The van der Waals surface area contributed by atoms with Gasteiger partial charge in [-0.15, -0.1) is 15.3 Å². The van der Waals surface area contributed by atoms with E-state index in [1.807, 2.05) is 70.1 Å². The summed E-state index contributed by atoms with van der Waals surface area (Å²) in [7, 11) is 6.62. The first kappa shape index (κ1) is 43.6. The number of amides is 4. The van der Waals surface area contributed by atoms with Crippen molar-refractivity contribution >= 4 is 23.6 Å². The third kappa shape index (κ3) is 6.57. The Labute approximate surface area is 397 Å². The predicted molar refractivity (Wildman–Crippen MR) is 240 cm³/mol. The maximum absolute atomic E-state index is 13.8. The molecule has 2 fully saturated rings. The van der Waals surface area contributed by atoms with Crippen molar-refractivity contribution in [3.8, 4) is 34.3 Å². The van der Waals surface area contributed by atoms with Crippen molar-refractivity contribution in [2.45, 2.75) is 38.3 Å². The van der Waals surface area contributed by atoms with Gasteiger partial charge in [-0.1, -0.05) is 34.6 Å². The SMILES string of the molecule is COc1ccc(C23Cn4cc(-c5nnn(C)n5)cc4C(=O)N2CCN3C(=O)c2conc2C)cc1.COc1ccc(C23Cn4cc(-c5nnnn5C)cc4C(=O)N2CCN3C(=O)c2conc2C)cc1. The van der Waals surface area contributed by atoms with E-state index in [4.69, 9.17) is 18.5 Å². The number of rotatable bonds is 8. The number of methoxy groups -OCH3 is 2. The molecule has 10 heterocycles. The van der Waals surface area contributed by atoms with Gasteiger partial charge in [0.15, 0.2) is 17.2 Å². The van der Waals surface area contributed by atoms with Crippen LogP contribution in [-0.2, 0) is 38.5 Å². The Balaban J connectivity index is 0.000000152. The summed E-state index contributed by atoms with van der Waals surface area (Å²) in [5.74, 6) is 1.49. The Hall–Kier alpha value is -8.96.